The van der Waals surface area contributed by atoms with Crippen LogP contribution < -0.4 is 0 Å². The molecule has 0 aliphatic rings. The minimum absolute atomic E-state index is 0.0201. The van der Waals surface area contributed by atoms with Crippen LogP contribution in [0.4, 0.5) is 0 Å². The Hall–Kier alpha value is -0.170. The zero-order valence-electron chi connectivity index (χ0n) is 7.97. The Morgan fingerprint density at radius 3 is 2.31 bits per heavy atom. The van der Waals surface area contributed by atoms with Gasteiger partial charge in [0.1, 0.15) is 5.37 Å². The molecule has 0 fully saturated rings. The van der Waals surface area contributed by atoms with Crippen molar-refractivity contribution in [3.05, 3.63) is 0 Å². The van der Waals surface area contributed by atoms with Gasteiger partial charge in [0.2, 0.25) is 0 Å². The molecule has 0 spiro atoms. The monoisotopic (exact) mass is 211 g/mol. The molecule has 0 saturated heterocycles. The predicted octanol–water partition coefficient (Wildman–Crippen LogP) is -0.0755. The molecule has 1 unspecified atom stereocenters. The topological polar surface area (TPSA) is 77.8 Å². The molecule has 13 heavy (non-hydrogen) atoms. The van der Waals surface area contributed by atoms with E-state index in [1.165, 1.54) is 4.90 Å². The fourth-order valence-electron chi connectivity index (χ4n) is 1.21. The molecule has 0 aliphatic carbocycles. The van der Waals surface area contributed by atoms with Gasteiger partial charge in [-0.15, -0.1) is 0 Å². The lowest BCUT2D eigenvalue weighted by atomic mass is 10.4. The van der Waals surface area contributed by atoms with Gasteiger partial charge in [0.05, 0.1) is 0 Å². The molecule has 6 heteroatoms. The lowest BCUT2D eigenvalue weighted by molar-refractivity contribution is 0.229. The van der Waals surface area contributed by atoms with Crippen molar-refractivity contribution in [1.29, 1.82) is 0 Å². The van der Waals surface area contributed by atoms with Crippen molar-refractivity contribution in [1.82, 2.24) is 4.90 Å². The van der Waals surface area contributed by atoms with Crippen LogP contribution in [-0.2, 0) is 10.1 Å². The molecule has 80 valence electrons. The summed E-state index contributed by atoms with van der Waals surface area (Å²) in [6, 6.07) is 0. The van der Waals surface area contributed by atoms with E-state index in [2.05, 4.69) is 0 Å². The second-order valence-electron chi connectivity index (χ2n) is 2.94. The van der Waals surface area contributed by atoms with E-state index in [0.29, 0.717) is 19.4 Å². The Balaban J connectivity index is 4.24. The molecular weight excluding hydrogens is 194 g/mol. The molecule has 0 heterocycles. The van der Waals surface area contributed by atoms with Crippen LogP contribution in [0.25, 0.3) is 0 Å². The van der Waals surface area contributed by atoms with Crippen LogP contribution in [-0.4, -0.2) is 48.6 Å². The van der Waals surface area contributed by atoms with Gasteiger partial charge < -0.3 is 5.11 Å². The highest BCUT2D eigenvalue weighted by molar-refractivity contribution is 7.86. The molecule has 0 amide bonds. The Morgan fingerprint density at radius 2 is 2.00 bits per heavy atom. The fraction of sp³-hybridized carbons (Fsp3) is 1.00. The van der Waals surface area contributed by atoms with Gasteiger partial charge in [-0.1, -0.05) is 6.92 Å². The molecule has 2 N–H and O–H groups in total. The minimum atomic E-state index is -4.00. The van der Waals surface area contributed by atoms with E-state index in [1.54, 1.807) is 14.0 Å². The van der Waals surface area contributed by atoms with E-state index in [0.717, 1.165) is 0 Å². The summed E-state index contributed by atoms with van der Waals surface area (Å²) in [6.45, 7) is 2.16. The zero-order valence-corrected chi connectivity index (χ0v) is 8.79. The van der Waals surface area contributed by atoms with Crippen molar-refractivity contribution in [2.24, 2.45) is 0 Å². The Morgan fingerprint density at radius 1 is 1.46 bits per heavy atom. The molecular formula is C7H17NO4S. The van der Waals surface area contributed by atoms with Gasteiger partial charge in [-0.2, -0.15) is 8.42 Å². The largest absolute Gasteiger partial charge is 0.396 e. The van der Waals surface area contributed by atoms with Gasteiger partial charge in [0, 0.05) is 13.2 Å². The van der Waals surface area contributed by atoms with Crippen LogP contribution in [0, 0.1) is 0 Å². The summed E-state index contributed by atoms with van der Waals surface area (Å²) in [5.74, 6) is 0. The van der Waals surface area contributed by atoms with Crippen LogP contribution in [0.1, 0.15) is 19.8 Å². The number of rotatable bonds is 6. The highest BCUT2D eigenvalue weighted by Crippen LogP contribution is 2.08. The van der Waals surface area contributed by atoms with Crippen molar-refractivity contribution in [2.75, 3.05) is 20.2 Å². The average molecular weight is 211 g/mol. The maximum Gasteiger partial charge on any atom is 0.281 e. The maximum atomic E-state index is 10.8. The quantitative estimate of drug-likeness (QED) is 0.601. The van der Waals surface area contributed by atoms with Gasteiger partial charge in [-0.3, -0.25) is 9.45 Å². The van der Waals surface area contributed by atoms with E-state index in [9.17, 15) is 8.42 Å². The van der Waals surface area contributed by atoms with Crippen molar-refractivity contribution in [2.45, 2.75) is 25.1 Å². The van der Waals surface area contributed by atoms with Crippen molar-refractivity contribution >= 4 is 10.1 Å². The van der Waals surface area contributed by atoms with Crippen LogP contribution in [0.5, 0.6) is 0 Å². The molecule has 1 atom stereocenters. The second kappa shape index (κ2) is 5.54. The maximum absolute atomic E-state index is 10.8. The first-order valence-electron chi connectivity index (χ1n) is 4.20. The third-order valence-electron chi connectivity index (χ3n) is 1.85. The number of aliphatic hydroxyl groups excluding tert-OH is 1. The van der Waals surface area contributed by atoms with Crippen molar-refractivity contribution < 1.29 is 18.1 Å². The molecule has 0 aromatic carbocycles. The van der Waals surface area contributed by atoms with Crippen LogP contribution in [0.2, 0.25) is 0 Å². The van der Waals surface area contributed by atoms with Crippen molar-refractivity contribution in [3.8, 4) is 0 Å². The lowest BCUT2D eigenvalue weighted by Gasteiger charge is -2.23. The molecule has 0 saturated carbocycles. The van der Waals surface area contributed by atoms with Gasteiger partial charge >= 0.3 is 0 Å². The standard InChI is InChI=1S/C7H17NO4S/c1-3-7(13(10,11)12)8(2)5-4-6-9/h7,9H,3-6H2,1-2H3,(H,10,11,12). The summed E-state index contributed by atoms with van der Waals surface area (Å²) in [5.41, 5.74) is 0. The third-order valence-corrected chi connectivity index (χ3v) is 3.23. The fourth-order valence-corrected chi connectivity index (χ4v) is 2.20. The zero-order chi connectivity index (χ0) is 10.5. The van der Waals surface area contributed by atoms with E-state index in [4.69, 9.17) is 9.66 Å². The summed E-state index contributed by atoms with van der Waals surface area (Å²) in [4.78, 5) is 1.52. The molecule has 0 aromatic rings. The molecule has 0 rings (SSSR count). The van der Waals surface area contributed by atoms with Gasteiger partial charge in [0.25, 0.3) is 10.1 Å². The first kappa shape index (κ1) is 12.8. The first-order valence-corrected chi connectivity index (χ1v) is 5.71. The Kier molecular flexibility index (Phi) is 5.46. The number of hydrogen-bond acceptors (Lipinski definition) is 4. The van der Waals surface area contributed by atoms with Gasteiger partial charge in [0.15, 0.2) is 0 Å². The molecule has 0 radical (unpaired) electrons. The summed E-state index contributed by atoms with van der Waals surface area (Å²) in [6.07, 6.45) is 0.837. The SMILES string of the molecule is CCC(N(C)CCCO)S(=O)(=O)O. The van der Waals surface area contributed by atoms with E-state index in [1.807, 2.05) is 0 Å². The summed E-state index contributed by atoms with van der Waals surface area (Å²) in [7, 11) is -2.39. The Labute approximate surface area is 79.1 Å². The number of hydrogen-bond donors (Lipinski definition) is 2. The third kappa shape index (κ3) is 4.56. The van der Waals surface area contributed by atoms with Crippen LogP contribution >= 0.6 is 0 Å². The molecule has 5 nitrogen and oxygen atoms in total. The first-order chi connectivity index (χ1) is 5.93. The number of nitrogens with zero attached hydrogens (tertiary/aromatic N) is 1. The average Bonchev–Trinajstić information content (AvgIpc) is 1.99. The summed E-state index contributed by atoms with van der Waals surface area (Å²) in [5, 5.41) is 7.67. The minimum Gasteiger partial charge on any atom is -0.396 e. The summed E-state index contributed by atoms with van der Waals surface area (Å²) < 4.78 is 30.5. The Bertz CT molecular complexity index is 227. The van der Waals surface area contributed by atoms with Crippen molar-refractivity contribution in [3.63, 3.8) is 0 Å². The molecule has 0 aromatic heterocycles. The normalized spacial score (nSPS) is 14.8. The second-order valence-corrected chi connectivity index (χ2v) is 4.51. The summed E-state index contributed by atoms with van der Waals surface area (Å²) >= 11 is 0. The lowest BCUT2D eigenvalue weighted by Crippen LogP contribution is -2.38. The van der Waals surface area contributed by atoms with Crippen LogP contribution in [0.15, 0.2) is 0 Å². The molecule has 0 bridgehead atoms. The van der Waals surface area contributed by atoms with E-state index < -0.39 is 15.5 Å². The smallest absolute Gasteiger partial charge is 0.281 e. The van der Waals surface area contributed by atoms with Crippen LogP contribution in [0.3, 0.4) is 0 Å². The molecule has 0 aliphatic heterocycles. The predicted molar refractivity (Wildman–Crippen MR) is 50.0 cm³/mol. The number of aliphatic hydroxyl groups is 1. The van der Waals surface area contributed by atoms with E-state index in [-0.39, 0.29) is 6.61 Å². The highest BCUT2D eigenvalue weighted by atomic mass is 32.2. The van der Waals surface area contributed by atoms with E-state index >= 15 is 0 Å². The highest BCUT2D eigenvalue weighted by Gasteiger charge is 2.24. The van der Waals surface area contributed by atoms with Gasteiger partial charge in [-0.05, 0) is 19.9 Å². The van der Waals surface area contributed by atoms with Gasteiger partial charge in [-0.25, -0.2) is 0 Å².